The summed E-state index contributed by atoms with van der Waals surface area (Å²) in [5.74, 6) is -0.0769. The van der Waals surface area contributed by atoms with Gasteiger partial charge in [-0.1, -0.05) is 31.2 Å². The first kappa shape index (κ1) is 14.6. The Morgan fingerprint density at radius 2 is 2.06 bits per heavy atom. The van der Waals surface area contributed by atoms with Crippen LogP contribution in [-0.4, -0.2) is 20.7 Å². The second-order valence-corrected chi connectivity index (χ2v) is 5.85. The van der Waals surface area contributed by atoms with E-state index in [4.69, 9.17) is 0 Å². The molecule has 0 saturated heterocycles. The minimum atomic E-state index is -3.58. The van der Waals surface area contributed by atoms with Crippen molar-refractivity contribution in [2.75, 3.05) is 6.54 Å². The first-order valence-corrected chi connectivity index (χ1v) is 7.12. The Morgan fingerprint density at radius 1 is 1.39 bits per heavy atom. The summed E-state index contributed by atoms with van der Waals surface area (Å²) in [6, 6.07) is 6.04. The number of benzene rings is 1. The Bertz CT molecular complexity index is 561. The maximum atomic E-state index is 11.9. The van der Waals surface area contributed by atoms with Gasteiger partial charge in [0.1, 0.15) is 0 Å². The van der Waals surface area contributed by atoms with E-state index >= 15 is 0 Å². The summed E-state index contributed by atoms with van der Waals surface area (Å²) < 4.78 is 26.3. The van der Waals surface area contributed by atoms with E-state index in [1.807, 2.05) is 0 Å². The average molecular weight is 267 g/mol. The molecule has 0 saturated carbocycles. The maximum absolute atomic E-state index is 11.9. The zero-order chi connectivity index (χ0) is 13.8. The molecule has 5 heteroatoms. The molecule has 0 fully saturated rings. The monoisotopic (exact) mass is 267 g/mol. The van der Waals surface area contributed by atoms with Crippen molar-refractivity contribution < 1.29 is 13.2 Å². The molecule has 18 heavy (non-hydrogen) atoms. The van der Waals surface area contributed by atoms with E-state index < -0.39 is 10.0 Å². The molecule has 0 aliphatic rings. The molecule has 0 aromatic heterocycles. The van der Waals surface area contributed by atoms with Crippen molar-refractivity contribution in [3.05, 3.63) is 42.0 Å². The van der Waals surface area contributed by atoms with Crippen molar-refractivity contribution in [3.8, 4) is 0 Å². The van der Waals surface area contributed by atoms with Gasteiger partial charge >= 0.3 is 0 Å². The van der Waals surface area contributed by atoms with Crippen LogP contribution in [0.3, 0.4) is 0 Å². The van der Waals surface area contributed by atoms with Gasteiger partial charge in [-0.3, -0.25) is 4.79 Å². The highest BCUT2D eigenvalue weighted by Gasteiger charge is 2.15. The van der Waals surface area contributed by atoms with Crippen LogP contribution in [0.2, 0.25) is 0 Å². The average Bonchev–Trinajstić information content (AvgIpc) is 2.35. The van der Waals surface area contributed by atoms with Gasteiger partial charge in [0.15, 0.2) is 5.78 Å². The van der Waals surface area contributed by atoms with Crippen molar-refractivity contribution in [3.63, 3.8) is 0 Å². The fraction of sp³-hybridized carbons (Fsp3) is 0.308. The molecule has 4 nitrogen and oxygen atoms in total. The summed E-state index contributed by atoms with van der Waals surface area (Å²) in [6.45, 7) is 7.29. The van der Waals surface area contributed by atoms with E-state index in [1.54, 1.807) is 26.0 Å². The molecule has 1 rings (SSSR count). The Morgan fingerprint density at radius 3 is 2.61 bits per heavy atom. The van der Waals surface area contributed by atoms with Crippen molar-refractivity contribution >= 4 is 15.8 Å². The van der Waals surface area contributed by atoms with Crippen LogP contribution in [-0.2, 0) is 10.0 Å². The third kappa shape index (κ3) is 3.78. The molecule has 0 aliphatic heterocycles. The summed E-state index contributed by atoms with van der Waals surface area (Å²) in [7, 11) is -3.58. The zero-order valence-corrected chi connectivity index (χ0v) is 11.4. The number of hydrogen-bond donors (Lipinski definition) is 1. The SMILES string of the molecule is C=C(C)CNS(=O)(=O)c1cccc(C(=O)CC)c1. The lowest BCUT2D eigenvalue weighted by Crippen LogP contribution is -2.25. The highest BCUT2D eigenvalue weighted by atomic mass is 32.2. The topological polar surface area (TPSA) is 63.2 Å². The smallest absolute Gasteiger partial charge is 0.240 e. The molecule has 0 unspecified atom stereocenters. The summed E-state index contributed by atoms with van der Waals surface area (Å²) in [5, 5.41) is 0. The predicted molar refractivity (Wildman–Crippen MR) is 71.1 cm³/mol. The third-order valence-corrected chi connectivity index (χ3v) is 3.75. The van der Waals surface area contributed by atoms with E-state index in [0.29, 0.717) is 12.0 Å². The molecule has 0 atom stereocenters. The lowest BCUT2D eigenvalue weighted by molar-refractivity contribution is 0.0988. The molecule has 1 aromatic carbocycles. The second-order valence-electron chi connectivity index (χ2n) is 4.09. The van der Waals surface area contributed by atoms with Crippen LogP contribution in [0.15, 0.2) is 41.3 Å². The van der Waals surface area contributed by atoms with E-state index in [1.165, 1.54) is 12.1 Å². The number of carbonyl (C=O) groups is 1. The summed E-state index contributed by atoms with van der Waals surface area (Å²) in [4.78, 5) is 11.6. The van der Waals surface area contributed by atoms with Gasteiger partial charge in [0.2, 0.25) is 10.0 Å². The fourth-order valence-corrected chi connectivity index (χ4v) is 2.49. The number of hydrogen-bond acceptors (Lipinski definition) is 3. The molecule has 0 heterocycles. The molecule has 0 spiro atoms. The van der Waals surface area contributed by atoms with E-state index in [9.17, 15) is 13.2 Å². The van der Waals surface area contributed by atoms with E-state index in [2.05, 4.69) is 11.3 Å². The summed E-state index contributed by atoms with van der Waals surface area (Å²) >= 11 is 0. The fourth-order valence-electron chi connectivity index (χ4n) is 1.34. The highest BCUT2D eigenvalue weighted by Crippen LogP contribution is 2.13. The number of rotatable bonds is 6. The van der Waals surface area contributed by atoms with Gasteiger partial charge < -0.3 is 0 Å². The molecule has 0 amide bonds. The normalized spacial score (nSPS) is 11.2. The lowest BCUT2D eigenvalue weighted by atomic mass is 10.1. The van der Waals surface area contributed by atoms with Gasteiger partial charge in [0.05, 0.1) is 4.90 Å². The number of nitrogens with one attached hydrogen (secondary N) is 1. The molecular weight excluding hydrogens is 250 g/mol. The first-order chi connectivity index (χ1) is 8.36. The molecule has 1 aromatic rings. The number of carbonyl (C=O) groups excluding carboxylic acids is 1. The maximum Gasteiger partial charge on any atom is 0.240 e. The largest absolute Gasteiger partial charge is 0.294 e. The van der Waals surface area contributed by atoms with E-state index in [0.717, 1.165) is 5.57 Å². The Labute approximate surface area is 108 Å². The minimum absolute atomic E-state index is 0.0769. The van der Waals surface area contributed by atoms with Crippen LogP contribution in [0.1, 0.15) is 30.6 Å². The molecular formula is C13H17NO3S. The van der Waals surface area contributed by atoms with Crippen molar-refractivity contribution in [2.24, 2.45) is 0 Å². The number of ketones is 1. The second kappa shape index (κ2) is 5.93. The van der Waals surface area contributed by atoms with E-state index in [-0.39, 0.29) is 17.2 Å². The number of Topliss-reactive ketones (excluding diaryl/α,β-unsaturated/α-hetero) is 1. The van der Waals surface area contributed by atoms with Gasteiger partial charge in [-0.25, -0.2) is 13.1 Å². The van der Waals surface area contributed by atoms with Crippen molar-refractivity contribution in [1.82, 2.24) is 4.72 Å². The molecule has 0 radical (unpaired) electrons. The minimum Gasteiger partial charge on any atom is -0.294 e. The summed E-state index contributed by atoms with van der Waals surface area (Å²) in [6.07, 6.45) is 0.350. The predicted octanol–water partition coefficient (Wildman–Crippen LogP) is 2.13. The zero-order valence-electron chi connectivity index (χ0n) is 10.6. The standard InChI is InChI=1S/C13H17NO3S/c1-4-13(15)11-6-5-7-12(8-11)18(16,17)14-9-10(2)3/h5-8,14H,2,4,9H2,1,3H3. The molecule has 0 bridgehead atoms. The summed E-state index contributed by atoms with van der Waals surface area (Å²) in [5.41, 5.74) is 1.13. The van der Waals surface area contributed by atoms with Crippen LogP contribution in [0.25, 0.3) is 0 Å². The Balaban J connectivity index is 3.02. The third-order valence-electron chi connectivity index (χ3n) is 2.35. The van der Waals surface area contributed by atoms with Gasteiger partial charge in [-0.15, -0.1) is 0 Å². The van der Waals surface area contributed by atoms with Gasteiger partial charge in [-0.05, 0) is 19.1 Å². The molecule has 98 valence electrons. The molecule has 0 aliphatic carbocycles. The van der Waals surface area contributed by atoms with Crippen LogP contribution < -0.4 is 4.72 Å². The van der Waals surface area contributed by atoms with Crippen molar-refractivity contribution in [1.29, 1.82) is 0 Å². The Hall–Kier alpha value is -1.46. The first-order valence-electron chi connectivity index (χ1n) is 5.64. The quantitative estimate of drug-likeness (QED) is 0.634. The Kier molecular flexibility index (Phi) is 4.81. The van der Waals surface area contributed by atoms with Crippen LogP contribution in [0, 0.1) is 0 Å². The number of sulfonamides is 1. The van der Waals surface area contributed by atoms with Crippen LogP contribution in [0.4, 0.5) is 0 Å². The highest BCUT2D eigenvalue weighted by molar-refractivity contribution is 7.89. The van der Waals surface area contributed by atoms with Crippen LogP contribution in [0.5, 0.6) is 0 Å². The van der Waals surface area contributed by atoms with Gasteiger partial charge in [-0.2, -0.15) is 0 Å². The molecule has 1 N–H and O–H groups in total. The van der Waals surface area contributed by atoms with Gasteiger partial charge in [0.25, 0.3) is 0 Å². The lowest BCUT2D eigenvalue weighted by Gasteiger charge is -2.07. The van der Waals surface area contributed by atoms with Crippen molar-refractivity contribution in [2.45, 2.75) is 25.2 Å². The van der Waals surface area contributed by atoms with Gasteiger partial charge in [0, 0.05) is 18.5 Å². The van der Waals surface area contributed by atoms with Crippen LogP contribution >= 0.6 is 0 Å².